The second-order valence-corrected chi connectivity index (χ2v) is 3.77. The third-order valence-corrected chi connectivity index (χ3v) is 2.73. The Morgan fingerprint density at radius 1 is 1.06 bits per heavy atom. The molecule has 0 saturated carbocycles. The highest BCUT2D eigenvalue weighted by Crippen LogP contribution is 2.21. The van der Waals surface area contributed by atoms with Gasteiger partial charge in [-0.15, -0.1) is 0 Å². The Kier molecular flexibility index (Phi) is 2.22. The van der Waals surface area contributed by atoms with Gasteiger partial charge in [0.15, 0.2) is 6.29 Å². The summed E-state index contributed by atoms with van der Waals surface area (Å²) in [7, 11) is 0. The first kappa shape index (κ1) is 9.78. The lowest BCUT2D eigenvalue weighted by molar-refractivity contribution is 0.111. The van der Waals surface area contributed by atoms with Crippen molar-refractivity contribution in [2.75, 3.05) is 0 Å². The van der Waals surface area contributed by atoms with Gasteiger partial charge in [0.2, 0.25) is 0 Å². The fourth-order valence-electron chi connectivity index (χ4n) is 1.99. The van der Waals surface area contributed by atoms with Crippen LogP contribution < -0.4 is 0 Å². The standard InChI is InChI=1S/C14H10N2O/c17-10-13-9-11-5-4-8-15-14(11)16(13)12-6-2-1-3-7-12/h1-10H. The molecule has 3 nitrogen and oxygen atoms in total. The third-order valence-electron chi connectivity index (χ3n) is 2.73. The van der Waals surface area contributed by atoms with E-state index in [1.807, 2.05) is 53.1 Å². The highest BCUT2D eigenvalue weighted by atomic mass is 16.1. The van der Waals surface area contributed by atoms with Crippen molar-refractivity contribution < 1.29 is 4.79 Å². The zero-order chi connectivity index (χ0) is 11.7. The Morgan fingerprint density at radius 2 is 1.88 bits per heavy atom. The fourth-order valence-corrected chi connectivity index (χ4v) is 1.99. The zero-order valence-electron chi connectivity index (χ0n) is 9.08. The summed E-state index contributed by atoms with van der Waals surface area (Å²) in [4.78, 5) is 15.5. The summed E-state index contributed by atoms with van der Waals surface area (Å²) < 4.78 is 1.86. The number of carbonyl (C=O) groups excluding carboxylic acids is 1. The Labute approximate surface area is 98.3 Å². The third kappa shape index (κ3) is 1.52. The van der Waals surface area contributed by atoms with Crippen LogP contribution in [0.4, 0.5) is 0 Å². The van der Waals surface area contributed by atoms with Gasteiger partial charge >= 0.3 is 0 Å². The molecule has 3 rings (SSSR count). The van der Waals surface area contributed by atoms with Gasteiger partial charge in [0.1, 0.15) is 5.65 Å². The molecule has 2 aromatic heterocycles. The molecule has 0 radical (unpaired) electrons. The lowest BCUT2D eigenvalue weighted by Crippen LogP contribution is -1.99. The first-order valence-electron chi connectivity index (χ1n) is 5.37. The number of rotatable bonds is 2. The van der Waals surface area contributed by atoms with Gasteiger partial charge in [-0.1, -0.05) is 18.2 Å². The number of hydrogen-bond acceptors (Lipinski definition) is 2. The van der Waals surface area contributed by atoms with Crippen LogP contribution >= 0.6 is 0 Å². The van der Waals surface area contributed by atoms with Crippen LogP contribution in [0.15, 0.2) is 54.7 Å². The maximum Gasteiger partial charge on any atom is 0.166 e. The second-order valence-electron chi connectivity index (χ2n) is 3.77. The summed E-state index contributed by atoms with van der Waals surface area (Å²) in [6.45, 7) is 0. The molecule has 3 aromatic rings. The maximum absolute atomic E-state index is 11.1. The molecule has 1 aromatic carbocycles. The monoisotopic (exact) mass is 222 g/mol. The van der Waals surface area contributed by atoms with Gasteiger partial charge in [0, 0.05) is 17.3 Å². The molecule has 0 aliphatic carbocycles. The van der Waals surface area contributed by atoms with Gasteiger partial charge < -0.3 is 0 Å². The first-order chi connectivity index (χ1) is 8.40. The highest BCUT2D eigenvalue weighted by Gasteiger charge is 2.09. The zero-order valence-corrected chi connectivity index (χ0v) is 9.08. The summed E-state index contributed by atoms with van der Waals surface area (Å²) in [5.74, 6) is 0. The number of hydrogen-bond donors (Lipinski definition) is 0. The van der Waals surface area contributed by atoms with E-state index in [2.05, 4.69) is 4.98 Å². The molecular weight excluding hydrogens is 212 g/mol. The van der Waals surface area contributed by atoms with Crippen LogP contribution in [0.25, 0.3) is 16.7 Å². The van der Waals surface area contributed by atoms with Gasteiger partial charge in [0.05, 0.1) is 5.69 Å². The van der Waals surface area contributed by atoms with Crippen molar-refractivity contribution in [2.24, 2.45) is 0 Å². The van der Waals surface area contributed by atoms with Crippen LogP contribution in [0.5, 0.6) is 0 Å². The van der Waals surface area contributed by atoms with Crippen molar-refractivity contribution in [1.29, 1.82) is 0 Å². The molecule has 0 saturated heterocycles. The van der Waals surface area contributed by atoms with E-state index in [4.69, 9.17) is 0 Å². The average molecular weight is 222 g/mol. The molecule has 0 spiro atoms. The fraction of sp³-hybridized carbons (Fsp3) is 0. The van der Waals surface area contributed by atoms with E-state index in [1.54, 1.807) is 6.20 Å². The lowest BCUT2D eigenvalue weighted by atomic mass is 10.3. The summed E-state index contributed by atoms with van der Waals surface area (Å²) in [6, 6.07) is 15.4. The van der Waals surface area contributed by atoms with Crippen LogP contribution in [-0.4, -0.2) is 15.8 Å². The van der Waals surface area contributed by atoms with E-state index in [1.165, 1.54) is 0 Å². The van der Waals surface area contributed by atoms with Crippen molar-refractivity contribution in [1.82, 2.24) is 9.55 Å². The normalized spacial score (nSPS) is 10.6. The van der Waals surface area contributed by atoms with Crippen molar-refractivity contribution in [3.63, 3.8) is 0 Å². The minimum Gasteiger partial charge on any atom is -0.296 e. The molecule has 2 heterocycles. The Hall–Kier alpha value is -2.42. The van der Waals surface area contributed by atoms with Crippen LogP contribution in [0.3, 0.4) is 0 Å². The SMILES string of the molecule is O=Cc1cc2cccnc2n1-c1ccccc1. The van der Waals surface area contributed by atoms with E-state index in [0.717, 1.165) is 23.0 Å². The number of aromatic nitrogens is 2. The van der Waals surface area contributed by atoms with E-state index in [9.17, 15) is 4.79 Å². The van der Waals surface area contributed by atoms with E-state index in [0.29, 0.717) is 5.69 Å². The summed E-state index contributed by atoms with van der Waals surface area (Å²) >= 11 is 0. The lowest BCUT2D eigenvalue weighted by Gasteiger charge is -2.05. The van der Waals surface area contributed by atoms with Crippen LogP contribution in [0.1, 0.15) is 10.5 Å². The number of carbonyl (C=O) groups is 1. The Bertz CT molecular complexity index is 671. The highest BCUT2D eigenvalue weighted by molar-refractivity contribution is 5.88. The van der Waals surface area contributed by atoms with Crippen molar-refractivity contribution >= 4 is 17.3 Å². The quantitative estimate of drug-likeness (QED) is 0.625. The number of para-hydroxylation sites is 1. The van der Waals surface area contributed by atoms with Gasteiger partial charge in [-0.25, -0.2) is 4.98 Å². The Morgan fingerprint density at radius 3 is 2.65 bits per heavy atom. The molecule has 82 valence electrons. The van der Waals surface area contributed by atoms with Gasteiger partial charge in [-0.2, -0.15) is 0 Å². The average Bonchev–Trinajstić information content (AvgIpc) is 2.78. The predicted molar refractivity (Wildman–Crippen MR) is 66.5 cm³/mol. The van der Waals surface area contributed by atoms with Gasteiger partial charge in [-0.3, -0.25) is 9.36 Å². The topological polar surface area (TPSA) is 34.9 Å². The van der Waals surface area contributed by atoms with Crippen molar-refractivity contribution in [2.45, 2.75) is 0 Å². The molecule has 3 heteroatoms. The van der Waals surface area contributed by atoms with Crippen LogP contribution in [-0.2, 0) is 0 Å². The molecule has 0 fully saturated rings. The number of pyridine rings is 1. The van der Waals surface area contributed by atoms with Gasteiger partial charge in [0.25, 0.3) is 0 Å². The van der Waals surface area contributed by atoms with E-state index < -0.39 is 0 Å². The summed E-state index contributed by atoms with van der Waals surface area (Å²) in [5, 5.41) is 0.971. The maximum atomic E-state index is 11.1. The molecule has 0 aliphatic heterocycles. The summed E-state index contributed by atoms with van der Waals surface area (Å²) in [5.41, 5.74) is 2.37. The number of fused-ring (bicyclic) bond motifs is 1. The molecule has 0 amide bonds. The number of nitrogens with zero attached hydrogens (tertiary/aromatic N) is 2. The molecule has 0 N–H and O–H groups in total. The minimum atomic E-state index is 0.616. The molecule has 0 aliphatic rings. The van der Waals surface area contributed by atoms with Crippen molar-refractivity contribution in [3.8, 4) is 5.69 Å². The Balaban J connectivity index is 2.38. The predicted octanol–water partition coefficient (Wildman–Crippen LogP) is 2.84. The molecular formula is C14H10N2O. The van der Waals surface area contributed by atoms with Crippen LogP contribution in [0.2, 0.25) is 0 Å². The minimum absolute atomic E-state index is 0.616. The molecule has 0 unspecified atom stereocenters. The van der Waals surface area contributed by atoms with Crippen LogP contribution in [0, 0.1) is 0 Å². The second kappa shape index (κ2) is 3.87. The smallest absolute Gasteiger partial charge is 0.166 e. The van der Waals surface area contributed by atoms with E-state index in [-0.39, 0.29) is 0 Å². The van der Waals surface area contributed by atoms with Gasteiger partial charge in [-0.05, 0) is 30.3 Å². The molecule has 17 heavy (non-hydrogen) atoms. The largest absolute Gasteiger partial charge is 0.296 e. The van der Waals surface area contributed by atoms with Crippen molar-refractivity contribution in [3.05, 3.63) is 60.4 Å². The number of aldehydes is 1. The summed E-state index contributed by atoms with van der Waals surface area (Å²) in [6.07, 6.45) is 2.59. The molecule has 0 bridgehead atoms. The first-order valence-corrected chi connectivity index (χ1v) is 5.37. The van der Waals surface area contributed by atoms with E-state index >= 15 is 0 Å². The molecule has 0 atom stereocenters. The number of benzene rings is 1.